The van der Waals surface area contributed by atoms with Crippen molar-refractivity contribution < 1.29 is 0 Å². The quantitative estimate of drug-likeness (QED) is 0.636. The first-order valence-corrected chi connectivity index (χ1v) is 5.60. The smallest absolute Gasteiger partial charge is 0.0226 e. The van der Waals surface area contributed by atoms with Crippen LogP contribution in [0.4, 0.5) is 0 Å². The van der Waals surface area contributed by atoms with Crippen LogP contribution in [0.15, 0.2) is 0 Å². The van der Waals surface area contributed by atoms with Crippen LogP contribution in [0.25, 0.3) is 0 Å². The fraction of sp³-hybridized carbons (Fsp3) is 1.00. The van der Waals surface area contributed by atoms with E-state index in [2.05, 4.69) is 6.26 Å². The van der Waals surface area contributed by atoms with Gasteiger partial charge in [0.05, 0.1) is 0 Å². The lowest BCUT2D eigenvalue weighted by Crippen LogP contribution is -2.19. The summed E-state index contributed by atoms with van der Waals surface area (Å²) in [4.78, 5) is 0. The first kappa shape index (κ1) is 9.66. The third-order valence-electron chi connectivity index (χ3n) is 0.941. The minimum absolute atomic E-state index is 0.750. The maximum absolute atomic E-state index is 4.85. The zero-order chi connectivity index (χ0) is 7.11. The van der Waals surface area contributed by atoms with Crippen molar-refractivity contribution in [1.82, 2.24) is 0 Å². The molecule has 0 aliphatic carbocycles. The van der Waals surface area contributed by atoms with E-state index in [1.807, 2.05) is 30.4 Å². The molecule has 0 spiro atoms. The van der Waals surface area contributed by atoms with Gasteiger partial charge in [0, 0.05) is 16.8 Å². The standard InChI is InChI=1S/C4H8S2.C2H7N/c1-5-4-2-6-3-4;1-2-3/h4H,2-3H2,1H3;2-3H2,1H3. The largest absolute Gasteiger partial charge is 0.331 e. The van der Waals surface area contributed by atoms with Gasteiger partial charge in [-0.1, -0.05) is 6.92 Å². The number of nitrogens with two attached hydrogens (primary N) is 1. The van der Waals surface area contributed by atoms with Gasteiger partial charge < -0.3 is 5.73 Å². The molecule has 1 aliphatic heterocycles. The van der Waals surface area contributed by atoms with Crippen molar-refractivity contribution in [3.63, 3.8) is 0 Å². The molecular formula is C6H15NS2. The van der Waals surface area contributed by atoms with E-state index >= 15 is 0 Å². The van der Waals surface area contributed by atoms with Crippen molar-refractivity contribution in [2.75, 3.05) is 24.3 Å². The van der Waals surface area contributed by atoms with Gasteiger partial charge in [-0.25, -0.2) is 0 Å². The average molecular weight is 165 g/mol. The Balaban J connectivity index is 0.000000187. The molecule has 1 heterocycles. The highest BCUT2D eigenvalue weighted by Crippen LogP contribution is 2.26. The minimum atomic E-state index is 0.750. The molecule has 1 fully saturated rings. The van der Waals surface area contributed by atoms with E-state index in [-0.39, 0.29) is 0 Å². The Bertz CT molecular complexity index is 52.3. The van der Waals surface area contributed by atoms with Gasteiger partial charge in [-0.05, 0) is 12.8 Å². The molecule has 0 aromatic carbocycles. The normalized spacial score (nSPS) is 17.7. The SMILES string of the molecule is CCN.CSC1CSC1. The molecule has 0 aromatic rings. The number of hydrogen-bond donors (Lipinski definition) is 1. The van der Waals surface area contributed by atoms with E-state index in [1.54, 1.807) is 0 Å². The lowest BCUT2D eigenvalue weighted by atomic mass is 10.5. The Morgan fingerprint density at radius 2 is 2.11 bits per heavy atom. The van der Waals surface area contributed by atoms with Crippen molar-refractivity contribution in [1.29, 1.82) is 0 Å². The fourth-order valence-electron chi connectivity index (χ4n) is 0.350. The third-order valence-corrected chi connectivity index (χ3v) is 3.64. The van der Waals surface area contributed by atoms with Crippen LogP contribution in [0.3, 0.4) is 0 Å². The summed E-state index contributed by atoms with van der Waals surface area (Å²) in [7, 11) is 0. The molecule has 2 N–H and O–H groups in total. The predicted molar refractivity (Wildman–Crippen MR) is 49.4 cm³/mol. The summed E-state index contributed by atoms with van der Waals surface area (Å²) < 4.78 is 0. The molecule has 1 saturated heterocycles. The van der Waals surface area contributed by atoms with Gasteiger partial charge in [0.25, 0.3) is 0 Å². The van der Waals surface area contributed by atoms with Gasteiger partial charge in [0.15, 0.2) is 0 Å². The van der Waals surface area contributed by atoms with Gasteiger partial charge >= 0.3 is 0 Å². The summed E-state index contributed by atoms with van der Waals surface area (Å²) >= 11 is 4.04. The van der Waals surface area contributed by atoms with Gasteiger partial charge in [0.1, 0.15) is 0 Å². The van der Waals surface area contributed by atoms with Gasteiger partial charge in [-0.3, -0.25) is 0 Å². The maximum atomic E-state index is 4.85. The van der Waals surface area contributed by atoms with E-state index in [1.165, 1.54) is 11.5 Å². The second-order valence-corrected chi connectivity index (χ2v) is 4.02. The van der Waals surface area contributed by atoms with E-state index in [9.17, 15) is 0 Å². The van der Waals surface area contributed by atoms with Gasteiger partial charge in [-0.15, -0.1) is 0 Å². The van der Waals surface area contributed by atoms with Crippen molar-refractivity contribution in [3.05, 3.63) is 0 Å². The molecule has 0 unspecified atom stereocenters. The lowest BCUT2D eigenvalue weighted by molar-refractivity contribution is 1.09. The van der Waals surface area contributed by atoms with Crippen molar-refractivity contribution in [2.45, 2.75) is 12.2 Å². The Kier molecular flexibility index (Phi) is 7.27. The van der Waals surface area contributed by atoms with E-state index in [0.717, 1.165) is 11.8 Å². The van der Waals surface area contributed by atoms with Crippen LogP contribution in [0.1, 0.15) is 6.92 Å². The average Bonchev–Trinajstić information content (AvgIpc) is 1.64. The highest BCUT2D eigenvalue weighted by atomic mass is 32.2. The van der Waals surface area contributed by atoms with Crippen LogP contribution >= 0.6 is 23.5 Å². The molecule has 0 radical (unpaired) electrons. The van der Waals surface area contributed by atoms with Crippen molar-refractivity contribution in [2.24, 2.45) is 5.73 Å². The van der Waals surface area contributed by atoms with Crippen LogP contribution in [-0.2, 0) is 0 Å². The number of hydrogen-bond acceptors (Lipinski definition) is 3. The molecule has 0 aromatic heterocycles. The number of rotatable bonds is 1. The highest BCUT2D eigenvalue weighted by Gasteiger charge is 2.15. The zero-order valence-electron chi connectivity index (χ0n) is 6.09. The first-order valence-electron chi connectivity index (χ1n) is 3.15. The summed E-state index contributed by atoms with van der Waals surface area (Å²) in [6.45, 7) is 2.65. The van der Waals surface area contributed by atoms with Crippen LogP contribution in [0.2, 0.25) is 0 Å². The predicted octanol–water partition coefficient (Wildman–Crippen LogP) is 1.43. The van der Waals surface area contributed by atoms with Gasteiger partial charge in [0.2, 0.25) is 0 Å². The van der Waals surface area contributed by atoms with E-state index < -0.39 is 0 Å². The van der Waals surface area contributed by atoms with E-state index in [4.69, 9.17) is 5.73 Å². The molecule has 0 saturated carbocycles. The summed E-state index contributed by atoms with van der Waals surface area (Å²) in [5, 5.41) is 0.995. The topological polar surface area (TPSA) is 26.0 Å². The number of thioether (sulfide) groups is 2. The maximum Gasteiger partial charge on any atom is 0.0226 e. The van der Waals surface area contributed by atoms with E-state index in [0.29, 0.717) is 0 Å². The lowest BCUT2D eigenvalue weighted by Gasteiger charge is -2.21. The second-order valence-electron chi connectivity index (χ2n) is 1.80. The summed E-state index contributed by atoms with van der Waals surface area (Å²) in [6.07, 6.45) is 2.18. The van der Waals surface area contributed by atoms with Crippen molar-refractivity contribution in [3.8, 4) is 0 Å². The van der Waals surface area contributed by atoms with Crippen LogP contribution in [0.5, 0.6) is 0 Å². The molecule has 0 atom stereocenters. The van der Waals surface area contributed by atoms with Crippen LogP contribution < -0.4 is 5.73 Å². The Hall–Kier alpha value is 0.660. The Labute approximate surface area is 66.2 Å². The molecule has 1 nitrogen and oxygen atoms in total. The third kappa shape index (κ3) is 5.12. The van der Waals surface area contributed by atoms with Gasteiger partial charge in [-0.2, -0.15) is 23.5 Å². The fourth-order valence-corrected chi connectivity index (χ4v) is 2.44. The summed E-state index contributed by atoms with van der Waals surface area (Å²) in [6, 6.07) is 0. The molecule has 0 amide bonds. The zero-order valence-corrected chi connectivity index (χ0v) is 7.73. The molecule has 0 bridgehead atoms. The summed E-state index contributed by atoms with van der Waals surface area (Å²) in [5.41, 5.74) is 4.85. The molecule has 56 valence electrons. The van der Waals surface area contributed by atoms with Crippen LogP contribution in [0, 0.1) is 0 Å². The van der Waals surface area contributed by atoms with Crippen LogP contribution in [-0.4, -0.2) is 29.6 Å². The highest BCUT2D eigenvalue weighted by molar-refractivity contribution is 8.07. The summed E-state index contributed by atoms with van der Waals surface area (Å²) in [5.74, 6) is 2.78. The molecule has 1 rings (SSSR count). The molecule has 9 heavy (non-hydrogen) atoms. The molecule has 1 aliphatic rings. The first-order chi connectivity index (χ1) is 4.35. The molecular weight excluding hydrogens is 150 g/mol. The molecule has 3 heteroatoms. The minimum Gasteiger partial charge on any atom is -0.331 e. The Morgan fingerprint density at radius 1 is 1.67 bits per heavy atom. The van der Waals surface area contributed by atoms with Crippen molar-refractivity contribution >= 4 is 23.5 Å². The Morgan fingerprint density at radius 3 is 2.11 bits per heavy atom. The monoisotopic (exact) mass is 165 g/mol. The second kappa shape index (κ2) is 6.78.